The van der Waals surface area contributed by atoms with E-state index in [1.165, 1.54) is 26.4 Å². The molecule has 6 nitrogen and oxygen atoms in total. The van der Waals surface area contributed by atoms with Crippen LogP contribution in [0.4, 0.5) is 0 Å². The number of aromatic nitrogens is 2. The van der Waals surface area contributed by atoms with Gasteiger partial charge in [-0.15, -0.1) is 10.2 Å². The second-order valence-electron chi connectivity index (χ2n) is 6.94. The summed E-state index contributed by atoms with van der Waals surface area (Å²) in [6.45, 7) is 0.390. The number of ether oxygens (including phenoxy) is 1. The van der Waals surface area contributed by atoms with Crippen molar-refractivity contribution in [2.24, 2.45) is 0 Å². The highest BCUT2D eigenvalue weighted by Crippen LogP contribution is 2.28. The van der Waals surface area contributed by atoms with E-state index >= 15 is 0 Å². The van der Waals surface area contributed by atoms with Crippen LogP contribution in [0.5, 0.6) is 5.75 Å². The average Bonchev–Trinajstić information content (AvgIpc) is 3.24. The van der Waals surface area contributed by atoms with Crippen molar-refractivity contribution >= 4 is 0 Å². The molecule has 0 spiro atoms. The standard InChI is InChI=1S/C22H24N2O4/c1-25-26-15-16-7-9-17(10-8-16)21-23-24-22(28-21)18-11-13-20(14-12-18)27-19-5-3-2-4-6-19/h7-14,19H,2-6,15H2,1H3. The van der Waals surface area contributed by atoms with E-state index in [1.54, 1.807) is 0 Å². The summed E-state index contributed by atoms with van der Waals surface area (Å²) in [6, 6.07) is 15.6. The van der Waals surface area contributed by atoms with Crippen LogP contribution >= 0.6 is 0 Å². The van der Waals surface area contributed by atoms with Gasteiger partial charge in [-0.3, -0.25) is 0 Å². The van der Waals surface area contributed by atoms with Crippen LogP contribution in [0.1, 0.15) is 37.7 Å². The Labute approximate surface area is 164 Å². The lowest BCUT2D eigenvalue weighted by Crippen LogP contribution is -2.19. The van der Waals surface area contributed by atoms with E-state index in [0.29, 0.717) is 24.5 Å². The molecule has 28 heavy (non-hydrogen) atoms. The van der Waals surface area contributed by atoms with Gasteiger partial charge in [0.05, 0.1) is 13.2 Å². The van der Waals surface area contributed by atoms with Gasteiger partial charge in [-0.05, 0) is 67.6 Å². The summed E-state index contributed by atoms with van der Waals surface area (Å²) in [5, 5.41) is 8.34. The van der Waals surface area contributed by atoms with Crippen LogP contribution in [0.2, 0.25) is 0 Å². The van der Waals surface area contributed by atoms with E-state index in [1.807, 2.05) is 48.5 Å². The molecule has 0 aliphatic heterocycles. The summed E-state index contributed by atoms with van der Waals surface area (Å²) >= 11 is 0. The Kier molecular flexibility index (Phi) is 5.99. The molecular weight excluding hydrogens is 356 g/mol. The lowest BCUT2D eigenvalue weighted by molar-refractivity contribution is -0.282. The Balaban J connectivity index is 1.42. The minimum atomic E-state index is 0.340. The van der Waals surface area contributed by atoms with Gasteiger partial charge in [0.15, 0.2) is 0 Å². The van der Waals surface area contributed by atoms with Crippen molar-refractivity contribution in [3.8, 4) is 28.7 Å². The van der Waals surface area contributed by atoms with Crippen molar-refractivity contribution in [2.75, 3.05) is 7.11 Å². The van der Waals surface area contributed by atoms with E-state index in [-0.39, 0.29) is 0 Å². The van der Waals surface area contributed by atoms with Crippen molar-refractivity contribution in [1.82, 2.24) is 10.2 Å². The van der Waals surface area contributed by atoms with Crippen molar-refractivity contribution in [3.05, 3.63) is 54.1 Å². The topological polar surface area (TPSA) is 66.6 Å². The fourth-order valence-corrected chi connectivity index (χ4v) is 3.38. The molecule has 1 aliphatic carbocycles. The van der Waals surface area contributed by atoms with Crippen molar-refractivity contribution in [3.63, 3.8) is 0 Å². The van der Waals surface area contributed by atoms with E-state index in [4.69, 9.17) is 14.0 Å². The molecule has 2 aromatic carbocycles. The summed E-state index contributed by atoms with van der Waals surface area (Å²) < 4.78 is 11.9. The molecule has 4 rings (SSSR count). The molecule has 1 aliphatic rings. The van der Waals surface area contributed by atoms with Gasteiger partial charge in [0.25, 0.3) is 0 Å². The van der Waals surface area contributed by atoms with E-state index in [0.717, 1.165) is 35.3 Å². The molecule has 6 heteroatoms. The molecule has 0 amide bonds. The molecule has 0 N–H and O–H groups in total. The van der Waals surface area contributed by atoms with Crippen molar-refractivity contribution in [1.29, 1.82) is 0 Å². The maximum Gasteiger partial charge on any atom is 0.248 e. The fraction of sp³-hybridized carbons (Fsp3) is 0.364. The normalized spacial score (nSPS) is 14.9. The molecule has 0 atom stereocenters. The molecular formula is C22H24N2O4. The first-order valence-electron chi connectivity index (χ1n) is 9.67. The maximum absolute atomic E-state index is 6.07. The minimum Gasteiger partial charge on any atom is -0.490 e. The molecule has 146 valence electrons. The van der Waals surface area contributed by atoms with E-state index < -0.39 is 0 Å². The van der Waals surface area contributed by atoms with Gasteiger partial charge in [-0.2, -0.15) is 0 Å². The zero-order valence-electron chi connectivity index (χ0n) is 16.0. The first kappa shape index (κ1) is 18.7. The first-order chi connectivity index (χ1) is 13.8. The largest absolute Gasteiger partial charge is 0.490 e. The van der Waals surface area contributed by atoms with Crippen LogP contribution < -0.4 is 4.74 Å². The summed E-state index contributed by atoms with van der Waals surface area (Å²) in [6.07, 6.45) is 6.46. The molecule has 1 aromatic heterocycles. The summed E-state index contributed by atoms with van der Waals surface area (Å²) in [7, 11) is 1.49. The summed E-state index contributed by atoms with van der Waals surface area (Å²) in [4.78, 5) is 9.54. The Morgan fingerprint density at radius 1 is 0.857 bits per heavy atom. The van der Waals surface area contributed by atoms with Crippen LogP contribution in [0, 0.1) is 0 Å². The Morgan fingerprint density at radius 2 is 1.46 bits per heavy atom. The molecule has 1 heterocycles. The van der Waals surface area contributed by atoms with Gasteiger partial charge in [0, 0.05) is 11.1 Å². The number of rotatable bonds is 7. The predicted molar refractivity (Wildman–Crippen MR) is 104 cm³/mol. The van der Waals surface area contributed by atoms with E-state index in [9.17, 15) is 0 Å². The minimum absolute atomic E-state index is 0.340. The zero-order chi connectivity index (χ0) is 19.2. The van der Waals surface area contributed by atoms with Gasteiger partial charge in [0.2, 0.25) is 11.8 Å². The third-order valence-corrected chi connectivity index (χ3v) is 4.93. The number of hydrogen-bond acceptors (Lipinski definition) is 6. The van der Waals surface area contributed by atoms with Gasteiger partial charge in [-0.1, -0.05) is 18.6 Å². The molecule has 1 saturated carbocycles. The highest BCUT2D eigenvalue weighted by atomic mass is 17.2. The third kappa shape index (κ3) is 4.58. The maximum atomic E-state index is 6.07. The number of hydrogen-bond donors (Lipinski definition) is 0. The molecule has 1 fully saturated rings. The van der Waals surface area contributed by atoms with Crippen LogP contribution in [-0.4, -0.2) is 23.4 Å². The van der Waals surface area contributed by atoms with Gasteiger partial charge < -0.3 is 9.15 Å². The van der Waals surface area contributed by atoms with Crippen LogP contribution in [0.3, 0.4) is 0 Å². The Hall–Kier alpha value is -2.70. The van der Waals surface area contributed by atoms with Crippen LogP contribution in [0.25, 0.3) is 22.9 Å². The lowest BCUT2D eigenvalue weighted by atomic mass is 9.98. The van der Waals surface area contributed by atoms with Gasteiger partial charge in [-0.25, -0.2) is 9.78 Å². The Bertz CT molecular complexity index is 868. The molecule has 0 bridgehead atoms. The van der Waals surface area contributed by atoms with E-state index in [2.05, 4.69) is 15.1 Å². The van der Waals surface area contributed by atoms with Crippen LogP contribution in [0.15, 0.2) is 52.9 Å². The highest BCUT2D eigenvalue weighted by molar-refractivity contribution is 5.58. The highest BCUT2D eigenvalue weighted by Gasteiger charge is 2.15. The van der Waals surface area contributed by atoms with Crippen LogP contribution in [-0.2, 0) is 16.4 Å². The smallest absolute Gasteiger partial charge is 0.248 e. The monoisotopic (exact) mass is 380 g/mol. The molecule has 0 radical (unpaired) electrons. The summed E-state index contributed by atoms with van der Waals surface area (Å²) in [5.74, 6) is 1.87. The van der Waals surface area contributed by atoms with Crippen molar-refractivity contribution in [2.45, 2.75) is 44.8 Å². The predicted octanol–water partition coefficient (Wildman–Crippen LogP) is 5.19. The second kappa shape index (κ2) is 8.99. The number of nitrogens with zero attached hydrogens (tertiary/aromatic N) is 2. The summed E-state index contributed by atoms with van der Waals surface area (Å²) in [5.41, 5.74) is 2.73. The number of benzene rings is 2. The zero-order valence-corrected chi connectivity index (χ0v) is 16.0. The van der Waals surface area contributed by atoms with Crippen molar-refractivity contribution < 1.29 is 18.9 Å². The average molecular weight is 380 g/mol. The second-order valence-corrected chi connectivity index (χ2v) is 6.94. The molecule has 0 unspecified atom stereocenters. The molecule has 3 aromatic rings. The quantitative estimate of drug-likeness (QED) is 0.415. The SMILES string of the molecule is COOCc1ccc(-c2nnc(-c3ccc(OC4CCCCC4)cc3)o2)cc1. The lowest BCUT2D eigenvalue weighted by Gasteiger charge is -2.22. The fourth-order valence-electron chi connectivity index (χ4n) is 3.38. The third-order valence-electron chi connectivity index (χ3n) is 4.93. The first-order valence-corrected chi connectivity index (χ1v) is 9.67. The molecule has 0 saturated heterocycles. The Morgan fingerprint density at radius 3 is 2.07 bits per heavy atom. The van der Waals surface area contributed by atoms with Gasteiger partial charge >= 0.3 is 0 Å². The van der Waals surface area contributed by atoms with Gasteiger partial charge in [0.1, 0.15) is 12.4 Å².